The van der Waals surface area contributed by atoms with E-state index in [0.717, 1.165) is 55.5 Å². The van der Waals surface area contributed by atoms with Gasteiger partial charge in [-0.25, -0.2) is 9.78 Å². The van der Waals surface area contributed by atoms with Crippen molar-refractivity contribution in [2.45, 2.75) is 58.1 Å². The Morgan fingerprint density at radius 3 is 2.63 bits per heavy atom. The summed E-state index contributed by atoms with van der Waals surface area (Å²) in [7, 11) is 1.59. The van der Waals surface area contributed by atoms with Crippen molar-refractivity contribution in [3.05, 3.63) is 12.1 Å². The number of benzene rings is 1. The number of terminal acetylenes is 1. The molecule has 1 unspecified atom stereocenters. The van der Waals surface area contributed by atoms with Crippen molar-refractivity contribution >= 4 is 28.8 Å². The highest BCUT2D eigenvalue weighted by atomic mass is 16.6. The number of ether oxygens (including phenoxy) is 3. The fourth-order valence-corrected chi connectivity index (χ4v) is 4.47. The average molecular weight is 482 g/mol. The van der Waals surface area contributed by atoms with Crippen molar-refractivity contribution in [3.63, 3.8) is 0 Å². The molecule has 1 atom stereocenters. The van der Waals surface area contributed by atoms with E-state index in [-0.39, 0.29) is 18.7 Å². The average Bonchev–Trinajstić information content (AvgIpc) is 3.36. The van der Waals surface area contributed by atoms with Gasteiger partial charge in [0.2, 0.25) is 5.95 Å². The fourth-order valence-electron chi connectivity index (χ4n) is 4.47. The van der Waals surface area contributed by atoms with E-state index in [9.17, 15) is 4.79 Å². The zero-order valence-corrected chi connectivity index (χ0v) is 21.1. The monoisotopic (exact) mass is 481 g/mol. The topological polar surface area (TPSA) is 89.1 Å². The van der Waals surface area contributed by atoms with Crippen LogP contribution in [0.25, 0.3) is 10.9 Å². The normalized spacial score (nSPS) is 18.3. The van der Waals surface area contributed by atoms with Gasteiger partial charge in [-0.1, -0.05) is 5.92 Å². The van der Waals surface area contributed by atoms with Crippen LogP contribution >= 0.6 is 0 Å². The van der Waals surface area contributed by atoms with Crippen LogP contribution in [0.5, 0.6) is 11.5 Å². The largest absolute Gasteiger partial charge is 0.493 e. The van der Waals surface area contributed by atoms with Crippen LogP contribution < -0.4 is 19.7 Å². The molecule has 1 N–H and O–H groups in total. The van der Waals surface area contributed by atoms with Crippen LogP contribution in [0.2, 0.25) is 0 Å². The van der Waals surface area contributed by atoms with Gasteiger partial charge >= 0.3 is 6.09 Å². The molecule has 0 bridgehead atoms. The first-order chi connectivity index (χ1) is 16.8. The van der Waals surface area contributed by atoms with Gasteiger partial charge in [0.15, 0.2) is 11.5 Å². The maximum atomic E-state index is 12.7. The van der Waals surface area contributed by atoms with E-state index in [1.807, 2.05) is 32.9 Å². The summed E-state index contributed by atoms with van der Waals surface area (Å²) in [5.74, 6) is 5.00. The van der Waals surface area contributed by atoms with Crippen molar-refractivity contribution in [1.82, 2.24) is 14.9 Å². The third kappa shape index (κ3) is 5.99. The predicted octanol–water partition coefficient (Wildman–Crippen LogP) is 4.06. The van der Waals surface area contributed by atoms with Gasteiger partial charge in [0.1, 0.15) is 18.0 Å². The number of methoxy groups -OCH3 is 1. The molecule has 2 aromatic rings. The van der Waals surface area contributed by atoms with Crippen molar-refractivity contribution in [1.29, 1.82) is 0 Å². The summed E-state index contributed by atoms with van der Waals surface area (Å²) in [5, 5.41) is 4.42. The number of piperidine rings is 1. The Hall–Kier alpha value is -3.41. The first-order valence-electron chi connectivity index (χ1n) is 12.2. The summed E-state index contributed by atoms with van der Waals surface area (Å²) in [6, 6.07) is 3.77. The maximum Gasteiger partial charge on any atom is 0.410 e. The molecule has 2 fully saturated rings. The Morgan fingerprint density at radius 2 is 1.94 bits per heavy atom. The van der Waals surface area contributed by atoms with Crippen LogP contribution in [0.3, 0.4) is 0 Å². The molecule has 9 heteroatoms. The van der Waals surface area contributed by atoms with Gasteiger partial charge in [-0.05, 0) is 52.5 Å². The predicted molar refractivity (Wildman–Crippen MR) is 136 cm³/mol. The fraction of sp³-hybridized carbons (Fsp3) is 0.577. The van der Waals surface area contributed by atoms with Gasteiger partial charge in [-0.2, -0.15) is 4.98 Å². The molecular formula is C26H35N5O4. The number of carbonyl (C=O) groups is 1. The number of nitrogens with zero attached hydrogens (tertiary/aromatic N) is 4. The number of hydrogen-bond donors (Lipinski definition) is 1. The minimum atomic E-state index is -0.527. The summed E-state index contributed by atoms with van der Waals surface area (Å²) in [4.78, 5) is 26.4. The molecule has 1 amide bonds. The zero-order valence-electron chi connectivity index (χ0n) is 21.1. The second-order valence-corrected chi connectivity index (χ2v) is 9.99. The van der Waals surface area contributed by atoms with Gasteiger partial charge in [0, 0.05) is 43.7 Å². The van der Waals surface area contributed by atoms with Crippen molar-refractivity contribution < 1.29 is 19.0 Å². The van der Waals surface area contributed by atoms with E-state index in [1.165, 1.54) is 0 Å². The highest BCUT2D eigenvalue weighted by molar-refractivity contribution is 5.93. The molecular weight excluding hydrogens is 446 g/mol. The molecule has 1 aromatic carbocycles. The number of hydrogen-bond acceptors (Lipinski definition) is 8. The molecule has 35 heavy (non-hydrogen) atoms. The molecule has 3 heterocycles. The number of fused-ring (bicyclic) bond motifs is 1. The van der Waals surface area contributed by atoms with Gasteiger partial charge in [0.25, 0.3) is 0 Å². The Morgan fingerprint density at radius 1 is 1.17 bits per heavy atom. The second-order valence-electron chi connectivity index (χ2n) is 9.99. The summed E-state index contributed by atoms with van der Waals surface area (Å²) in [6.07, 6.45) is 9.15. The van der Waals surface area contributed by atoms with Crippen LogP contribution in [0.4, 0.5) is 16.6 Å². The van der Waals surface area contributed by atoms with Crippen molar-refractivity contribution in [2.75, 3.05) is 50.1 Å². The van der Waals surface area contributed by atoms with Crippen molar-refractivity contribution in [3.8, 4) is 23.8 Å². The Labute approximate surface area is 207 Å². The highest BCUT2D eigenvalue weighted by Crippen LogP contribution is 2.36. The summed E-state index contributed by atoms with van der Waals surface area (Å²) in [6.45, 7) is 8.86. The lowest BCUT2D eigenvalue weighted by molar-refractivity contribution is 0.0206. The lowest BCUT2D eigenvalue weighted by atomic mass is 10.1. The second kappa shape index (κ2) is 10.5. The molecule has 4 rings (SSSR count). The van der Waals surface area contributed by atoms with E-state index in [0.29, 0.717) is 30.5 Å². The van der Waals surface area contributed by atoms with Crippen LogP contribution in [-0.2, 0) is 4.74 Å². The summed E-state index contributed by atoms with van der Waals surface area (Å²) in [5.41, 5.74) is 0.220. The molecule has 0 radical (unpaired) electrons. The standard InChI is InChI=1S/C26H35N5O4/c1-6-14-34-22-16-20-19(15-21(22)33-5)23(29-24(28-20)30-11-7-8-12-30)27-18-10-9-13-31(17-18)25(32)35-26(2,3)4/h1,15-16,18H,7-14,17H2,2-5H3,(H,27,28,29). The van der Waals surface area contributed by atoms with E-state index in [1.54, 1.807) is 12.0 Å². The Balaban J connectivity index is 1.65. The minimum absolute atomic E-state index is 0.0316. The lowest BCUT2D eigenvalue weighted by Gasteiger charge is -2.34. The number of aromatic nitrogens is 2. The van der Waals surface area contributed by atoms with Crippen LogP contribution in [0, 0.1) is 12.3 Å². The smallest absolute Gasteiger partial charge is 0.410 e. The van der Waals surface area contributed by atoms with Crippen LogP contribution in [-0.4, -0.2) is 72.5 Å². The Bertz CT molecular complexity index is 1100. The summed E-state index contributed by atoms with van der Waals surface area (Å²) < 4.78 is 16.9. The van der Waals surface area contributed by atoms with E-state index in [4.69, 9.17) is 30.6 Å². The maximum absolute atomic E-state index is 12.7. The molecule has 2 aliphatic heterocycles. The zero-order chi connectivity index (χ0) is 25.0. The highest BCUT2D eigenvalue weighted by Gasteiger charge is 2.29. The Kier molecular flexibility index (Phi) is 7.39. The molecule has 1 aromatic heterocycles. The van der Waals surface area contributed by atoms with Gasteiger partial charge in [-0.3, -0.25) is 0 Å². The third-order valence-corrected chi connectivity index (χ3v) is 6.08. The molecule has 0 aliphatic carbocycles. The first kappa shape index (κ1) is 24.7. The third-order valence-electron chi connectivity index (χ3n) is 6.08. The summed E-state index contributed by atoms with van der Waals surface area (Å²) >= 11 is 0. The van der Waals surface area contributed by atoms with Crippen LogP contribution in [0.1, 0.15) is 46.5 Å². The number of anilines is 2. The molecule has 9 nitrogen and oxygen atoms in total. The molecule has 2 aliphatic rings. The van der Waals surface area contributed by atoms with Gasteiger partial charge in [0.05, 0.1) is 12.6 Å². The molecule has 0 spiro atoms. The number of likely N-dealkylation sites (tertiary alicyclic amines) is 1. The minimum Gasteiger partial charge on any atom is -0.493 e. The lowest BCUT2D eigenvalue weighted by Crippen LogP contribution is -2.47. The van der Waals surface area contributed by atoms with E-state index >= 15 is 0 Å². The quantitative estimate of drug-likeness (QED) is 0.618. The number of amides is 1. The van der Waals surface area contributed by atoms with E-state index < -0.39 is 5.60 Å². The van der Waals surface area contributed by atoms with Gasteiger partial charge < -0.3 is 29.3 Å². The van der Waals surface area contributed by atoms with Crippen LogP contribution in [0.15, 0.2) is 12.1 Å². The van der Waals surface area contributed by atoms with E-state index in [2.05, 4.69) is 16.1 Å². The molecule has 2 saturated heterocycles. The molecule has 188 valence electrons. The van der Waals surface area contributed by atoms with Crippen molar-refractivity contribution in [2.24, 2.45) is 0 Å². The van der Waals surface area contributed by atoms with Gasteiger partial charge in [-0.15, -0.1) is 6.42 Å². The SMILES string of the molecule is C#CCOc1cc2nc(N3CCCC3)nc(NC3CCCN(C(=O)OC(C)(C)C)C3)c2cc1OC. The number of nitrogens with one attached hydrogen (secondary N) is 1. The number of carbonyl (C=O) groups excluding carboxylic acids is 1. The number of rotatable bonds is 6. The molecule has 0 saturated carbocycles. The first-order valence-corrected chi connectivity index (χ1v) is 12.2.